The molecule has 2 aromatic rings. The number of methoxy groups -OCH3 is 1. The van der Waals surface area contributed by atoms with Gasteiger partial charge in [0.2, 0.25) is 0 Å². The molecule has 0 bridgehead atoms. The molecule has 2 rings (SSSR count). The number of benzene rings is 1. The van der Waals surface area contributed by atoms with Crippen LogP contribution in [0.2, 0.25) is 0 Å². The van der Waals surface area contributed by atoms with Crippen molar-refractivity contribution < 1.29 is 13.9 Å². The molecule has 0 aliphatic carbocycles. The lowest BCUT2D eigenvalue weighted by atomic mass is 10.3. The SMILES string of the molecule is COC(=O)CCn1c(C(C)Cl)nc2ccc(F)cc21. The number of halogens is 2. The van der Waals surface area contributed by atoms with Gasteiger partial charge in [0, 0.05) is 6.54 Å². The topological polar surface area (TPSA) is 44.1 Å². The maximum absolute atomic E-state index is 13.3. The molecule has 0 radical (unpaired) electrons. The minimum absolute atomic E-state index is 0.190. The van der Waals surface area contributed by atoms with Gasteiger partial charge in [-0.15, -0.1) is 11.6 Å². The van der Waals surface area contributed by atoms with Crippen molar-refractivity contribution in [3.05, 3.63) is 29.8 Å². The third-order valence-electron chi connectivity index (χ3n) is 2.86. The Morgan fingerprint density at radius 3 is 2.95 bits per heavy atom. The van der Waals surface area contributed by atoms with Crippen LogP contribution >= 0.6 is 11.6 Å². The first-order chi connectivity index (χ1) is 9.02. The van der Waals surface area contributed by atoms with E-state index in [1.54, 1.807) is 17.6 Å². The molecular formula is C13H14ClFN2O2. The van der Waals surface area contributed by atoms with E-state index in [2.05, 4.69) is 9.72 Å². The summed E-state index contributed by atoms with van der Waals surface area (Å²) in [5, 5.41) is -0.326. The lowest BCUT2D eigenvalue weighted by molar-refractivity contribution is -0.140. The van der Waals surface area contributed by atoms with Gasteiger partial charge in [-0.1, -0.05) is 0 Å². The second-order valence-electron chi connectivity index (χ2n) is 4.20. The van der Waals surface area contributed by atoms with Crippen LogP contribution in [0.1, 0.15) is 24.5 Å². The Kier molecular flexibility index (Phi) is 4.04. The zero-order chi connectivity index (χ0) is 14.0. The van der Waals surface area contributed by atoms with Crippen LogP contribution in [0.4, 0.5) is 4.39 Å². The van der Waals surface area contributed by atoms with Crippen molar-refractivity contribution in [2.75, 3.05) is 7.11 Å². The predicted octanol–water partition coefficient (Wildman–Crippen LogP) is 3.04. The predicted molar refractivity (Wildman–Crippen MR) is 70.6 cm³/mol. The van der Waals surface area contributed by atoms with Gasteiger partial charge in [0.05, 0.1) is 29.9 Å². The standard InChI is InChI=1S/C13H14ClFN2O2/c1-8(14)13-16-10-4-3-9(15)7-11(10)17(13)6-5-12(18)19-2/h3-4,7-8H,5-6H2,1-2H3. The van der Waals surface area contributed by atoms with Crippen molar-refractivity contribution in [3.63, 3.8) is 0 Å². The highest BCUT2D eigenvalue weighted by Crippen LogP contribution is 2.25. The van der Waals surface area contributed by atoms with Crippen LogP contribution in [0.5, 0.6) is 0 Å². The van der Waals surface area contributed by atoms with E-state index in [9.17, 15) is 9.18 Å². The molecule has 0 fully saturated rings. The highest BCUT2D eigenvalue weighted by atomic mass is 35.5. The molecule has 102 valence electrons. The molecule has 0 saturated carbocycles. The maximum Gasteiger partial charge on any atom is 0.307 e. The highest BCUT2D eigenvalue weighted by Gasteiger charge is 2.16. The van der Waals surface area contributed by atoms with Crippen LogP contribution in [-0.2, 0) is 16.1 Å². The van der Waals surface area contributed by atoms with Gasteiger partial charge in [0.15, 0.2) is 0 Å². The lowest BCUT2D eigenvalue weighted by Crippen LogP contribution is -2.10. The summed E-state index contributed by atoms with van der Waals surface area (Å²) in [6.07, 6.45) is 0.190. The van der Waals surface area contributed by atoms with Crippen molar-refractivity contribution >= 4 is 28.6 Å². The van der Waals surface area contributed by atoms with E-state index < -0.39 is 0 Å². The molecule has 1 atom stereocenters. The number of hydrogen-bond acceptors (Lipinski definition) is 3. The van der Waals surface area contributed by atoms with E-state index in [1.165, 1.54) is 19.2 Å². The van der Waals surface area contributed by atoms with Gasteiger partial charge in [-0.05, 0) is 25.1 Å². The number of esters is 1. The summed E-state index contributed by atoms with van der Waals surface area (Å²) in [4.78, 5) is 15.6. The van der Waals surface area contributed by atoms with Crippen molar-refractivity contribution in [2.24, 2.45) is 0 Å². The second-order valence-corrected chi connectivity index (χ2v) is 4.85. The van der Waals surface area contributed by atoms with Gasteiger partial charge >= 0.3 is 5.97 Å². The molecule has 0 N–H and O–H groups in total. The van der Waals surface area contributed by atoms with Crippen molar-refractivity contribution in [3.8, 4) is 0 Å². The zero-order valence-corrected chi connectivity index (χ0v) is 11.4. The fourth-order valence-electron chi connectivity index (χ4n) is 1.96. The fraction of sp³-hybridized carbons (Fsp3) is 0.385. The molecule has 6 heteroatoms. The number of imidazole rings is 1. The van der Waals surface area contributed by atoms with Gasteiger partial charge in [0.1, 0.15) is 11.6 Å². The van der Waals surface area contributed by atoms with Crippen molar-refractivity contribution in [1.29, 1.82) is 0 Å². The first-order valence-electron chi connectivity index (χ1n) is 5.89. The summed E-state index contributed by atoms with van der Waals surface area (Å²) < 4.78 is 19.7. The number of ether oxygens (including phenoxy) is 1. The van der Waals surface area contributed by atoms with Crippen molar-refractivity contribution in [1.82, 2.24) is 9.55 Å². The summed E-state index contributed by atoms with van der Waals surface area (Å²) in [7, 11) is 1.33. The van der Waals surface area contributed by atoms with E-state index in [0.717, 1.165) is 0 Å². The van der Waals surface area contributed by atoms with Gasteiger partial charge in [-0.2, -0.15) is 0 Å². The number of alkyl halides is 1. The molecule has 1 aromatic carbocycles. The zero-order valence-electron chi connectivity index (χ0n) is 10.7. The number of aryl methyl sites for hydroxylation is 1. The summed E-state index contributed by atoms with van der Waals surface area (Å²) in [5.41, 5.74) is 1.29. The summed E-state index contributed by atoms with van der Waals surface area (Å²) in [6, 6.07) is 4.34. The number of nitrogens with zero attached hydrogens (tertiary/aromatic N) is 2. The van der Waals surface area contributed by atoms with E-state index in [4.69, 9.17) is 11.6 Å². The maximum atomic E-state index is 13.3. The van der Waals surface area contributed by atoms with Gasteiger partial charge < -0.3 is 9.30 Å². The minimum atomic E-state index is -0.347. The first kappa shape index (κ1) is 13.8. The molecule has 0 aliphatic heterocycles. The van der Waals surface area contributed by atoms with E-state index in [0.29, 0.717) is 23.4 Å². The Hall–Kier alpha value is -1.62. The van der Waals surface area contributed by atoms with Crippen LogP contribution in [0.25, 0.3) is 11.0 Å². The van der Waals surface area contributed by atoms with Crippen LogP contribution in [0.3, 0.4) is 0 Å². The molecule has 1 heterocycles. The Morgan fingerprint density at radius 1 is 1.58 bits per heavy atom. The number of carbonyl (C=O) groups excluding carboxylic acids is 1. The molecular weight excluding hydrogens is 271 g/mol. The van der Waals surface area contributed by atoms with Crippen LogP contribution in [-0.4, -0.2) is 22.6 Å². The van der Waals surface area contributed by atoms with Crippen LogP contribution in [0.15, 0.2) is 18.2 Å². The number of rotatable bonds is 4. The Bertz CT molecular complexity index is 610. The number of aromatic nitrogens is 2. The van der Waals surface area contributed by atoms with E-state index in [1.807, 2.05) is 0 Å². The first-order valence-corrected chi connectivity index (χ1v) is 6.33. The smallest absolute Gasteiger partial charge is 0.307 e. The Balaban J connectivity index is 2.45. The lowest BCUT2D eigenvalue weighted by Gasteiger charge is -2.09. The monoisotopic (exact) mass is 284 g/mol. The van der Waals surface area contributed by atoms with E-state index >= 15 is 0 Å². The molecule has 1 unspecified atom stereocenters. The summed E-state index contributed by atoms with van der Waals surface area (Å²) in [6.45, 7) is 2.15. The minimum Gasteiger partial charge on any atom is -0.469 e. The average molecular weight is 285 g/mol. The Labute approximate surface area is 115 Å². The molecule has 0 spiro atoms. The van der Waals surface area contributed by atoms with E-state index in [-0.39, 0.29) is 23.6 Å². The summed E-state index contributed by atoms with van der Waals surface area (Å²) >= 11 is 6.08. The molecule has 0 saturated heterocycles. The molecule has 19 heavy (non-hydrogen) atoms. The van der Waals surface area contributed by atoms with Crippen LogP contribution < -0.4 is 0 Å². The number of hydrogen-bond donors (Lipinski definition) is 0. The summed E-state index contributed by atoms with van der Waals surface area (Å²) in [5.74, 6) is -0.0573. The van der Waals surface area contributed by atoms with Gasteiger partial charge in [-0.3, -0.25) is 4.79 Å². The number of fused-ring (bicyclic) bond motifs is 1. The molecule has 4 nitrogen and oxygen atoms in total. The van der Waals surface area contributed by atoms with Crippen molar-refractivity contribution in [2.45, 2.75) is 25.3 Å². The Morgan fingerprint density at radius 2 is 2.32 bits per heavy atom. The third kappa shape index (κ3) is 2.87. The normalized spacial score (nSPS) is 12.6. The number of carbonyl (C=O) groups is 1. The second kappa shape index (κ2) is 5.57. The fourth-order valence-corrected chi connectivity index (χ4v) is 2.12. The molecule has 0 aliphatic rings. The molecule has 0 amide bonds. The largest absolute Gasteiger partial charge is 0.469 e. The molecule has 1 aromatic heterocycles. The van der Waals surface area contributed by atoms with Crippen LogP contribution in [0, 0.1) is 5.82 Å². The van der Waals surface area contributed by atoms with Gasteiger partial charge in [0.25, 0.3) is 0 Å². The average Bonchev–Trinajstić information content (AvgIpc) is 2.74. The highest BCUT2D eigenvalue weighted by molar-refractivity contribution is 6.20. The van der Waals surface area contributed by atoms with Gasteiger partial charge in [-0.25, -0.2) is 9.37 Å². The third-order valence-corrected chi connectivity index (χ3v) is 3.06. The quantitative estimate of drug-likeness (QED) is 0.640.